The SMILES string of the molecule is COC(=O)c1ccc(NC(=O)c2ccc(-c3cccc(Cl)c3Cl)o2)cc1. The number of benzene rings is 2. The summed E-state index contributed by atoms with van der Waals surface area (Å²) in [5.74, 6) is -0.325. The Morgan fingerprint density at radius 1 is 1.00 bits per heavy atom. The van der Waals surface area contributed by atoms with Crippen LogP contribution in [-0.4, -0.2) is 19.0 Å². The molecule has 1 heterocycles. The average Bonchev–Trinajstić information content (AvgIpc) is 3.14. The van der Waals surface area contributed by atoms with Crippen LogP contribution in [0, 0.1) is 0 Å². The van der Waals surface area contributed by atoms with Crippen LogP contribution in [0.25, 0.3) is 11.3 Å². The molecule has 0 aliphatic heterocycles. The van der Waals surface area contributed by atoms with Crippen molar-refractivity contribution in [2.45, 2.75) is 0 Å². The fraction of sp³-hybridized carbons (Fsp3) is 0.0526. The van der Waals surface area contributed by atoms with Crippen molar-refractivity contribution < 1.29 is 18.7 Å². The van der Waals surface area contributed by atoms with Crippen LogP contribution in [0.15, 0.2) is 59.0 Å². The number of hydrogen-bond donors (Lipinski definition) is 1. The number of ether oxygens (including phenoxy) is 1. The summed E-state index contributed by atoms with van der Waals surface area (Å²) in [6.45, 7) is 0. The second-order valence-corrected chi connectivity index (χ2v) is 6.07. The highest BCUT2D eigenvalue weighted by Gasteiger charge is 2.15. The summed E-state index contributed by atoms with van der Waals surface area (Å²) in [4.78, 5) is 23.7. The molecular weight excluding hydrogens is 377 g/mol. The van der Waals surface area contributed by atoms with Crippen LogP contribution >= 0.6 is 23.2 Å². The van der Waals surface area contributed by atoms with E-state index in [1.165, 1.54) is 7.11 Å². The van der Waals surface area contributed by atoms with E-state index < -0.39 is 11.9 Å². The lowest BCUT2D eigenvalue weighted by Crippen LogP contribution is -2.11. The second-order valence-electron chi connectivity index (χ2n) is 5.29. The normalized spacial score (nSPS) is 10.4. The first-order valence-electron chi connectivity index (χ1n) is 7.53. The summed E-state index contributed by atoms with van der Waals surface area (Å²) < 4.78 is 10.2. The second kappa shape index (κ2) is 7.64. The summed E-state index contributed by atoms with van der Waals surface area (Å²) in [7, 11) is 1.30. The minimum absolute atomic E-state index is 0.119. The van der Waals surface area contributed by atoms with Crippen molar-refractivity contribution >= 4 is 40.8 Å². The van der Waals surface area contributed by atoms with Crippen molar-refractivity contribution in [1.82, 2.24) is 0 Å². The van der Waals surface area contributed by atoms with Gasteiger partial charge in [0.05, 0.1) is 22.7 Å². The molecule has 0 saturated carbocycles. The van der Waals surface area contributed by atoms with Gasteiger partial charge in [-0.15, -0.1) is 0 Å². The number of carbonyl (C=O) groups excluding carboxylic acids is 2. The Morgan fingerprint density at radius 2 is 1.73 bits per heavy atom. The van der Waals surface area contributed by atoms with E-state index in [0.29, 0.717) is 32.6 Å². The topological polar surface area (TPSA) is 68.5 Å². The van der Waals surface area contributed by atoms with E-state index in [4.69, 9.17) is 27.6 Å². The van der Waals surface area contributed by atoms with Crippen molar-refractivity contribution in [3.05, 3.63) is 76.0 Å². The summed E-state index contributed by atoms with van der Waals surface area (Å²) in [6, 6.07) is 14.7. The summed E-state index contributed by atoms with van der Waals surface area (Å²) in [5, 5.41) is 3.44. The summed E-state index contributed by atoms with van der Waals surface area (Å²) in [5.41, 5.74) is 1.50. The van der Waals surface area contributed by atoms with Crippen LogP contribution in [0.1, 0.15) is 20.9 Å². The fourth-order valence-corrected chi connectivity index (χ4v) is 2.69. The molecule has 0 fully saturated rings. The van der Waals surface area contributed by atoms with Crippen LogP contribution in [0.4, 0.5) is 5.69 Å². The molecule has 3 rings (SSSR count). The molecule has 1 aromatic heterocycles. The molecule has 7 heteroatoms. The highest BCUT2D eigenvalue weighted by molar-refractivity contribution is 6.43. The van der Waals surface area contributed by atoms with Gasteiger partial charge in [0, 0.05) is 11.3 Å². The molecule has 5 nitrogen and oxygen atoms in total. The van der Waals surface area contributed by atoms with Gasteiger partial charge in [0.2, 0.25) is 0 Å². The molecule has 0 spiro atoms. The molecule has 26 heavy (non-hydrogen) atoms. The van der Waals surface area contributed by atoms with Gasteiger partial charge in [-0.25, -0.2) is 4.79 Å². The first-order valence-corrected chi connectivity index (χ1v) is 8.29. The molecule has 2 aromatic carbocycles. The van der Waals surface area contributed by atoms with Crippen molar-refractivity contribution in [2.24, 2.45) is 0 Å². The molecule has 132 valence electrons. The number of methoxy groups -OCH3 is 1. The molecule has 0 bridgehead atoms. The Kier molecular flexibility index (Phi) is 5.30. The van der Waals surface area contributed by atoms with Gasteiger partial charge in [0.25, 0.3) is 5.91 Å². The number of hydrogen-bond acceptors (Lipinski definition) is 4. The van der Waals surface area contributed by atoms with E-state index >= 15 is 0 Å². The maximum Gasteiger partial charge on any atom is 0.337 e. The van der Waals surface area contributed by atoms with Crippen LogP contribution < -0.4 is 5.32 Å². The van der Waals surface area contributed by atoms with Gasteiger partial charge in [-0.2, -0.15) is 0 Å². The maximum absolute atomic E-state index is 12.3. The van der Waals surface area contributed by atoms with Gasteiger partial charge in [-0.1, -0.05) is 29.3 Å². The summed E-state index contributed by atoms with van der Waals surface area (Å²) >= 11 is 12.2. The van der Waals surface area contributed by atoms with Gasteiger partial charge in [0.15, 0.2) is 5.76 Å². The Labute approximate surface area is 159 Å². The lowest BCUT2D eigenvalue weighted by atomic mass is 10.2. The van der Waals surface area contributed by atoms with E-state index in [9.17, 15) is 9.59 Å². The Hall–Kier alpha value is -2.76. The number of esters is 1. The minimum Gasteiger partial charge on any atom is -0.465 e. The summed E-state index contributed by atoms with van der Waals surface area (Å²) in [6.07, 6.45) is 0. The number of amides is 1. The van der Waals surface area contributed by atoms with Gasteiger partial charge >= 0.3 is 5.97 Å². The third-order valence-electron chi connectivity index (χ3n) is 3.61. The van der Waals surface area contributed by atoms with E-state index in [0.717, 1.165) is 0 Å². The Morgan fingerprint density at radius 3 is 2.42 bits per heavy atom. The van der Waals surface area contributed by atoms with Gasteiger partial charge in [-0.05, 0) is 48.5 Å². The quantitative estimate of drug-likeness (QED) is 0.615. The third-order valence-corrected chi connectivity index (χ3v) is 4.43. The van der Waals surface area contributed by atoms with Gasteiger partial charge in [-0.3, -0.25) is 4.79 Å². The van der Waals surface area contributed by atoms with Crippen LogP contribution in [0.2, 0.25) is 10.0 Å². The van der Waals surface area contributed by atoms with Crippen molar-refractivity contribution in [1.29, 1.82) is 0 Å². The highest BCUT2D eigenvalue weighted by atomic mass is 35.5. The Bertz CT molecular complexity index is 964. The zero-order valence-electron chi connectivity index (χ0n) is 13.6. The largest absolute Gasteiger partial charge is 0.465 e. The van der Waals surface area contributed by atoms with Gasteiger partial charge in [0.1, 0.15) is 5.76 Å². The zero-order valence-corrected chi connectivity index (χ0v) is 15.1. The predicted octanol–water partition coefficient (Wildman–Crippen LogP) is 5.29. The minimum atomic E-state index is -0.447. The van der Waals surface area contributed by atoms with E-state index in [-0.39, 0.29) is 5.76 Å². The van der Waals surface area contributed by atoms with Crippen LogP contribution in [0.3, 0.4) is 0 Å². The highest BCUT2D eigenvalue weighted by Crippen LogP contribution is 2.34. The molecular formula is C19H13Cl2NO4. The number of anilines is 1. The average molecular weight is 390 g/mol. The molecule has 0 atom stereocenters. The number of rotatable bonds is 4. The molecule has 0 radical (unpaired) electrons. The Balaban J connectivity index is 1.76. The molecule has 0 aliphatic carbocycles. The van der Waals surface area contributed by atoms with E-state index in [2.05, 4.69) is 10.1 Å². The van der Waals surface area contributed by atoms with Crippen LogP contribution in [0.5, 0.6) is 0 Å². The van der Waals surface area contributed by atoms with E-state index in [1.807, 2.05) is 0 Å². The lowest BCUT2D eigenvalue weighted by Gasteiger charge is -2.05. The fourth-order valence-electron chi connectivity index (χ4n) is 2.30. The molecule has 1 N–H and O–H groups in total. The van der Waals surface area contributed by atoms with E-state index in [1.54, 1.807) is 54.6 Å². The number of furan rings is 1. The van der Waals surface area contributed by atoms with Gasteiger partial charge < -0.3 is 14.5 Å². The predicted molar refractivity (Wildman–Crippen MR) is 99.9 cm³/mol. The van der Waals surface area contributed by atoms with Crippen molar-refractivity contribution in [3.8, 4) is 11.3 Å². The number of nitrogens with one attached hydrogen (secondary N) is 1. The maximum atomic E-state index is 12.3. The molecule has 3 aromatic rings. The third kappa shape index (κ3) is 3.74. The standard InChI is InChI=1S/C19H13Cl2NO4/c1-25-19(24)11-5-7-12(8-6-11)22-18(23)16-10-9-15(26-16)13-3-2-4-14(20)17(13)21/h2-10H,1H3,(H,22,23). The number of halogens is 2. The molecule has 0 unspecified atom stereocenters. The zero-order chi connectivity index (χ0) is 18.7. The lowest BCUT2D eigenvalue weighted by molar-refractivity contribution is 0.0600. The first kappa shape index (κ1) is 18.0. The smallest absolute Gasteiger partial charge is 0.337 e. The van der Waals surface area contributed by atoms with Crippen molar-refractivity contribution in [2.75, 3.05) is 12.4 Å². The van der Waals surface area contributed by atoms with Crippen LogP contribution in [-0.2, 0) is 4.74 Å². The number of carbonyl (C=O) groups is 2. The first-order chi connectivity index (χ1) is 12.5. The monoisotopic (exact) mass is 389 g/mol. The van der Waals surface area contributed by atoms with Crippen molar-refractivity contribution in [3.63, 3.8) is 0 Å². The molecule has 1 amide bonds. The molecule has 0 aliphatic rings. The molecule has 0 saturated heterocycles.